The van der Waals surface area contributed by atoms with Crippen LogP contribution in [0.15, 0.2) is 45.7 Å². The van der Waals surface area contributed by atoms with Gasteiger partial charge in [-0.15, -0.1) is 0 Å². The molecule has 0 spiro atoms. The molecular weight excluding hydrogens is 428 g/mol. The summed E-state index contributed by atoms with van der Waals surface area (Å²) in [4.78, 5) is 10.4. The van der Waals surface area contributed by atoms with Crippen molar-refractivity contribution in [2.75, 3.05) is 4.72 Å². The molecule has 3 aromatic rings. The monoisotopic (exact) mass is 456 g/mol. The van der Waals surface area contributed by atoms with Crippen molar-refractivity contribution in [3.63, 3.8) is 0 Å². The lowest BCUT2D eigenvalue weighted by Crippen LogP contribution is -2.28. The van der Waals surface area contributed by atoms with Crippen LogP contribution in [-0.2, 0) is 22.9 Å². The van der Waals surface area contributed by atoms with Crippen LogP contribution in [0.5, 0.6) is 0 Å². The summed E-state index contributed by atoms with van der Waals surface area (Å²) in [5, 5.41) is 12.0. The van der Waals surface area contributed by atoms with Crippen molar-refractivity contribution < 1.29 is 17.8 Å². The number of nitrogens with zero attached hydrogens (tertiary/aromatic N) is 1. The van der Waals surface area contributed by atoms with E-state index in [2.05, 4.69) is 25.5 Å². The molecule has 0 fully saturated rings. The molecule has 0 aliphatic heterocycles. The summed E-state index contributed by atoms with van der Waals surface area (Å²) in [5.74, 6) is 1.52. The maximum Gasteiger partial charge on any atom is 0.270 e. The minimum absolute atomic E-state index is 0.106. The molecule has 8 heteroatoms. The first-order chi connectivity index (χ1) is 15.0. The molecule has 1 heterocycles. The number of hydrogen-bond acceptors (Lipinski definition) is 5. The van der Waals surface area contributed by atoms with Crippen LogP contribution in [0, 0.1) is 28.4 Å². The van der Waals surface area contributed by atoms with Gasteiger partial charge in [0.05, 0.1) is 9.82 Å². The Morgan fingerprint density at radius 1 is 1.22 bits per heavy atom. The van der Waals surface area contributed by atoms with Crippen LogP contribution in [0.25, 0.3) is 11.0 Å². The number of nitro benzene ring substituents is 1. The van der Waals surface area contributed by atoms with Gasteiger partial charge in [-0.05, 0) is 54.9 Å². The fourth-order valence-corrected chi connectivity index (χ4v) is 5.82. The van der Waals surface area contributed by atoms with E-state index in [1.54, 1.807) is 19.1 Å². The maximum absolute atomic E-state index is 13.0. The van der Waals surface area contributed by atoms with Crippen molar-refractivity contribution in [2.45, 2.75) is 58.3 Å². The fourth-order valence-electron chi connectivity index (χ4n) is 4.50. The van der Waals surface area contributed by atoms with Crippen LogP contribution in [-0.4, -0.2) is 13.3 Å². The first kappa shape index (κ1) is 22.3. The third-order valence-corrected chi connectivity index (χ3v) is 8.51. The lowest BCUT2D eigenvalue weighted by Gasteiger charge is -2.36. The molecule has 0 saturated heterocycles. The largest absolute Gasteiger partial charge is 0.461 e. The van der Waals surface area contributed by atoms with Gasteiger partial charge >= 0.3 is 0 Å². The molecule has 1 aliphatic rings. The topological polar surface area (TPSA) is 102 Å². The molecule has 1 N–H and O–H groups in total. The summed E-state index contributed by atoms with van der Waals surface area (Å²) in [6, 6.07) is 9.08. The van der Waals surface area contributed by atoms with E-state index < -0.39 is 14.9 Å². The Kier molecular flexibility index (Phi) is 5.53. The molecule has 0 saturated carbocycles. The average Bonchev–Trinajstić information content (AvgIpc) is 3.10. The maximum atomic E-state index is 13.0. The van der Waals surface area contributed by atoms with Gasteiger partial charge in [-0.2, -0.15) is 0 Å². The number of sulfonamides is 1. The number of rotatable bonds is 6. The predicted octanol–water partition coefficient (Wildman–Crippen LogP) is 5.99. The molecule has 0 amide bonds. The molecule has 7 nitrogen and oxygen atoms in total. The van der Waals surface area contributed by atoms with Crippen LogP contribution >= 0.6 is 0 Å². The lowest BCUT2D eigenvalue weighted by atomic mass is 9.69. The molecular formula is C24H28N2O5S. The van der Waals surface area contributed by atoms with E-state index >= 15 is 0 Å². The third-order valence-electron chi connectivity index (χ3n) is 6.99. The molecule has 2 aromatic carbocycles. The highest BCUT2D eigenvalue weighted by molar-refractivity contribution is 7.92. The van der Waals surface area contributed by atoms with E-state index in [1.807, 2.05) is 6.07 Å². The second-order valence-electron chi connectivity index (χ2n) is 9.31. The molecule has 1 aliphatic carbocycles. The van der Waals surface area contributed by atoms with Gasteiger partial charge in [0.2, 0.25) is 0 Å². The Bertz CT molecular complexity index is 1310. The number of non-ortho nitro benzene ring substituents is 1. The molecule has 32 heavy (non-hydrogen) atoms. The normalized spacial score (nSPS) is 16.7. The number of benzene rings is 2. The highest BCUT2D eigenvalue weighted by Gasteiger charge is 2.33. The number of nitro groups is 1. The Morgan fingerprint density at radius 2 is 1.97 bits per heavy atom. The summed E-state index contributed by atoms with van der Waals surface area (Å²) in [6.45, 7) is 8.42. The number of hydrogen-bond donors (Lipinski definition) is 1. The van der Waals surface area contributed by atoms with Gasteiger partial charge in [0.15, 0.2) is 0 Å². The zero-order valence-electron chi connectivity index (χ0n) is 18.8. The van der Waals surface area contributed by atoms with Gasteiger partial charge in [0.25, 0.3) is 15.7 Å². The molecule has 170 valence electrons. The second kappa shape index (κ2) is 7.92. The number of nitrogens with one attached hydrogen (secondary N) is 1. The first-order valence-electron chi connectivity index (χ1n) is 10.8. The Morgan fingerprint density at radius 3 is 2.66 bits per heavy atom. The van der Waals surface area contributed by atoms with Crippen LogP contribution in [0.2, 0.25) is 0 Å². The first-order valence-corrected chi connectivity index (χ1v) is 12.3. The van der Waals surface area contributed by atoms with Crippen LogP contribution in [0.1, 0.15) is 50.5 Å². The van der Waals surface area contributed by atoms with E-state index in [9.17, 15) is 18.5 Å². The van der Waals surface area contributed by atoms with Crippen molar-refractivity contribution in [3.8, 4) is 0 Å². The van der Waals surface area contributed by atoms with E-state index in [-0.39, 0.29) is 16.0 Å². The predicted molar refractivity (Wildman–Crippen MR) is 124 cm³/mol. The Hall–Kier alpha value is -2.87. The van der Waals surface area contributed by atoms with Crippen LogP contribution < -0.4 is 4.72 Å². The van der Waals surface area contributed by atoms with Crippen LogP contribution in [0.4, 0.5) is 11.4 Å². The Labute approximate surface area is 188 Å². The van der Waals surface area contributed by atoms with Gasteiger partial charge in [0, 0.05) is 35.2 Å². The van der Waals surface area contributed by atoms with Gasteiger partial charge in [-0.25, -0.2) is 8.42 Å². The van der Waals surface area contributed by atoms with Crippen LogP contribution in [0.3, 0.4) is 0 Å². The lowest BCUT2D eigenvalue weighted by molar-refractivity contribution is -0.385. The second-order valence-corrected chi connectivity index (χ2v) is 11.0. The fraction of sp³-hybridized carbons (Fsp3) is 0.417. The SMILES string of the molecule is CCC(C)(C)C1CCc2oc3ccc(NS(=O)(=O)c4cc([N+](=O)[O-])ccc4C)cc3c2C1. The zero-order valence-corrected chi connectivity index (χ0v) is 19.6. The Balaban J connectivity index is 1.69. The number of fused-ring (bicyclic) bond motifs is 3. The molecule has 1 unspecified atom stereocenters. The van der Waals surface area contributed by atoms with Crippen molar-refractivity contribution in [2.24, 2.45) is 11.3 Å². The minimum Gasteiger partial charge on any atom is -0.461 e. The van der Waals surface area contributed by atoms with Crippen molar-refractivity contribution in [1.29, 1.82) is 0 Å². The van der Waals surface area contributed by atoms with E-state index in [4.69, 9.17) is 4.42 Å². The summed E-state index contributed by atoms with van der Waals surface area (Å²) >= 11 is 0. The number of furan rings is 1. The van der Waals surface area contributed by atoms with Gasteiger partial charge < -0.3 is 4.42 Å². The number of anilines is 1. The number of aryl methyl sites for hydroxylation is 2. The summed E-state index contributed by atoms with van der Waals surface area (Å²) in [5.41, 5.74) is 2.71. The van der Waals surface area contributed by atoms with Crippen molar-refractivity contribution in [1.82, 2.24) is 0 Å². The average molecular weight is 457 g/mol. The van der Waals surface area contributed by atoms with E-state index in [0.717, 1.165) is 54.0 Å². The highest BCUT2D eigenvalue weighted by Crippen LogP contribution is 2.43. The quantitative estimate of drug-likeness (QED) is 0.362. The minimum atomic E-state index is -4.00. The van der Waals surface area contributed by atoms with Gasteiger partial charge in [-0.1, -0.05) is 33.3 Å². The van der Waals surface area contributed by atoms with E-state index in [1.165, 1.54) is 12.1 Å². The standard InChI is InChI=1S/C24H28N2O5S/c1-5-24(3,4)16-7-10-21-19(12-16)20-13-17(8-11-22(20)31-21)25-32(29,30)23-14-18(26(27)28)9-6-15(23)2/h6,8-9,11,13-14,16,25H,5,7,10,12H2,1-4H3. The summed E-state index contributed by atoms with van der Waals surface area (Å²) in [7, 11) is -4.00. The highest BCUT2D eigenvalue weighted by atomic mass is 32.2. The smallest absolute Gasteiger partial charge is 0.270 e. The summed E-state index contributed by atoms with van der Waals surface area (Å²) in [6.07, 6.45) is 3.96. The van der Waals surface area contributed by atoms with Gasteiger partial charge in [-0.3, -0.25) is 14.8 Å². The molecule has 0 bridgehead atoms. The van der Waals surface area contributed by atoms with E-state index in [0.29, 0.717) is 17.2 Å². The van der Waals surface area contributed by atoms with Crippen molar-refractivity contribution >= 4 is 32.4 Å². The molecule has 0 radical (unpaired) electrons. The third kappa shape index (κ3) is 3.99. The zero-order chi connectivity index (χ0) is 23.3. The van der Waals surface area contributed by atoms with Gasteiger partial charge in [0.1, 0.15) is 11.3 Å². The molecule has 1 atom stereocenters. The summed E-state index contributed by atoms with van der Waals surface area (Å²) < 4.78 is 34.7. The van der Waals surface area contributed by atoms with Crippen molar-refractivity contribution in [3.05, 3.63) is 63.4 Å². The molecule has 1 aromatic heterocycles. The molecule has 4 rings (SSSR count).